The summed E-state index contributed by atoms with van der Waals surface area (Å²) in [6, 6.07) is 0.465. The summed E-state index contributed by atoms with van der Waals surface area (Å²) >= 11 is 0. The van der Waals surface area contributed by atoms with E-state index in [0.717, 1.165) is 6.42 Å². The van der Waals surface area contributed by atoms with E-state index in [1.807, 2.05) is 25.3 Å². The molecule has 1 atom stereocenters. The van der Waals surface area contributed by atoms with E-state index in [9.17, 15) is 0 Å². The molecule has 0 amide bonds. The van der Waals surface area contributed by atoms with E-state index in [1.54, 1.807) is 0 Å². The van der Waals surface area contributed by atoms with Crippen molar-refractivity contribution >= 4 is 6.34 Å². The van der Waals surface area contributed by atoms with Crippen LogP contribution >= 0.6 is 0 Å². The first kappa shape index (κ1) is 8.47. The van der Waals surface area contributed by atoms with Crippen molar-refractivity contribution in [3.05, 3.63) is 0 Å². The molecule has 54 valence electrons. The van der Waals surface area contributed by atoms with E-state index in [0.29, 0.717) is 6.04 Å². The maximum atomic E-state index is 4.24. The van der Waals surface area contributed by atoms with Crippen LogP contribution < -0.4 is 0 Å². The first-order chi connectivity index (χ1) is 4.16. The Bertz CT molecular complexity index is 86.9. The number of aliphatic imine (C=N–C) groups is 1. The Balaban J connectivity index is 3.43. The molecule has 1 unspecified atom stereocenters. The van der Waals surface area contributed by atoms with Gasteiger partial charge in [-0.25, -0.2) is 0 Å². The van der Waals surface area contributed by atoms with Gasteiger partial charge in [-0.2, -0.15) is 0 Å². The molecule has 0 saturated carbocycles. The minimum absolute atomic E-state index is 0.465. The van der Waals surface area contributed by atoms with Gasteiger partial charge < -0.3 is 4.90 Å². The van der Waals surface area contributed by atoms with Gasteiger partial charge in [-0.3, -0.25) is 4.99 Å². The molecule has 0 aliphatic rings. The zero-order valence-corrected chi connectivity index (χ0v) is 6.76. The standard InChI is InChI=1S/C7H16N2/c1-5-7(2)8-6-9(3)4/h6-7H,5H2,1-4H3/b8-6+. The molecule has 0 rings (SSSR count). The van der Waals surface area contributed by atoms with Gasteiger partial charge in [-0.15, -0.1) is 0 Å². The van der Waals surface area contributed by atoms with Crippen molar-refractivity contribution in [3.63, 3.8) is 0 Å². The van der Waals surface area contributed by atoms with Crippen molar-refractivity contribution in [2.24, 2.45) is 4.99 Å². The first-order valence-corrected chi connectivity index (χ1v) is 3.36. The van der Waals surface area contributed by atoms with E-state index in [2.05, 4.69) is 18.8 Å². The lowest BCUT2D eigenvalue weighted by Gasteiger charge is -2.05. The van der Waals surface area contributed by atoms with Crippen LogP contribution in [0.1, 0.15) is 20.3 Å². The Kier molecular flexibility index (Phi) is 4.10. The average molecular weight is 128 g/mol. The first-order valence-electron chi connectivity index (χ1n) is 3.36. The predicted molar refractivity (Wildman–Crippen MR) is 41.9 cm³/mol. The Labute approximate surface area is 57.6 Å². The van der Waals surface area contributed by atoms with E-state index in [1.165, 1.54) is 0 Å². The highest BCUT2D eigenvalue weighted by molar-refractivity contribution is 5.53. The topological polar surface area (TPSA) is 15.6 Å². The van der Waals surface area contributed by atoms with Gasteiger partial charge in [-0.1, -0.05) is 6.92 Å². The fourth-order valence-corrected chi connectivity index (χ4v) is 0.353. The second-order valence-electron chi connectivity index (χ2n) is 2.49. The van der Waals surface area contributed by atoms with Gasteiger partial charge in [-0.05, 0) is 13.3 Å². The molecule has 0 N–H and O–H groups in total. The fraction of sp³-hybridized carbons (Fsp3) is 0.857. The van der Waals surface area contributed by atoms with Gasteiger partial charge in [0.25, 0.3) is 0 Å². The third-order valence-electron chi connectivity index (χ3n) is 1.14. The molecule has 0 spiro atoms. The highest BCUT2D eigenvalue weighted by atomic mass is 15.1. The molecule has 2 heteroatoms. The van der Waals surface area contributed by atoms with Gasteiger partial charge >= 0.3 is 0 Å². The van der Waals surface area contributed by atoms with Crippen LogP contribution in [0.15, 0.2) is 4.99 Å². The SMILES string of the molecule is CCC(C)/N=C/N(C)C. The maximum Gasteiger partial charge on any atom is 0.0847 e. The number of hydrogen-bond donors (Lipinski definition) is 0. The van der Waals surface area contributed by atoms with Crippen molar-refractivity contribution in [1.82, 2.24) is 4.90 Å². The largest absolute Gasteiger partial charge is 0.369 e. The minimum Gasteiger partial charge on any atom is -0.369 e. The van der Waals surface area contributed by atoms with Gasteiger partial charge in [0.2, 0.25) is 0 Å². The molecule has 0 aromatic carbocycles. The highest BCUT2D eigenvalue weighted by Crippen LogP contribution is 1.92. The van der Waals surface area contributed by atoms with Crippen molar-refractivity contribution in [3.8, 4) is 0 Å². The highest BCUT2D eigenvalue weighted by Gasteiger charge is 1.89. The summed E-state index contributed by atoms with van der Waals surface area (Å²) in [5.41, 5.74) is 0. The van der Waals surface area contributed by atoms with Crippen molar-refractivity contribution in [1.29, 1.82) is 0 Å². The third-order valence-corrected chi connectivity index (χ3v) is 1.14. The van der Waals surface area contributed by atoms with Crippen LogP contribution in [0.25, 0.3) is 0 Å². The Morgan fingerprint density at radius 3 is 2.44 bits per heavy atom. The predicted octanol–water partition coefficient (Wildman–Crippen LogP) is 1.37. The van der Waals surface area contributed by atoms with Crippen LogP contribution in [0.4, 0.5) is 0 Å². The lowest BCUT2D eigenvalue weighted by atomic mass is 10.3. The summed E-state index contributed by atoms with van der Waals surface area (Å²) in [6.45, 7) is 4.25. The number of hydrogen-bond acceptors (Lipinski definition) is 1. The van der Waals surface area contributed by atoms with Crippen molar-refractivity contribution in [2.75, 3.05) is 14.1 Å². The molecular formula is C7H16N2. The summed E-state index contributed by atoms with van der Waals surface area (Å²) in [4.78, 5) is 6.19. The van der Waals surface area contributed by atoms with E-state index in [4.69, 9.17) is 0 Å². The summed E-state index contributed by atoms with van der Waals surface area (Å²) < 4.78 is 0. The molecule has 0 radical (unpaired) electrons. The Hall–Kier alpha value is -0.530. The summed E-state index contributed by atoms with van der Waals surface area (Å²) in [5, 5.41) is 0. The van der Waals surface area contributed by atoms with Gasteiger partial charge in [0.1, 0.15) is 0 Å². The quantitative estimate of drug-likeness (QED) is 0.414. The molecule has 0 saturated heterocycles. The van der Waals surface area contributed by atoms with Crippen molar-refractivity contribution in [2.45, 2.75) is 26.3 Å². The fourth-order valence-electron chi connectivity index (χ4n) is 0.353. The molecule has 0 bridgehead atoms. The summed E-state index contributed by atoms with van der Waals surface area (Å²) in [6.07, 6.45) is 2.97. The van der Waals surface area contributed by atoms with Crippen LogP contribution in [-0.4, -0.2) is 31.4 Å². The van der Waals surface area contributed by atoms with E-state index >= 15 is 0 Å². The van der Waals surface area contributed by atoms with Crippen molar-refractivity contribution < 1.29 is 0 Å². The normalized spacial score (nSPS) is 14.2. The van der Waals surface area contributed by atoms with Gasteiger partial charge in [0.15, 0.2) is 0 Å². The van der Waals surface area contributed by atoms with Crippen LogP contribution in [-0.2, 0) is 0 Å². The molecule has 0 aromatic heterocycles. The molecule has 0 heterocycles. The second-order valence-corrected chi connectivity index (χ2v) is 2.49. The van der Waals surface area contributed by atoms with Crippen LogP contribution in [0, 0.1) is 0 Å². The molecular weight excluding hydrogens is 112 g/mol. The Morgan fingerprint density at radius 2 is 2.11 bits per heavy atom. The molecule has 0 fully saturated rings. The molecule has 9 heavy (non-hydrogen) atoms. The number of nitrogens with zero attached hydrogens (tertiary/aromatic N) is 2. The molecule has 0 aliphatic heterocycles. The van der Waals surface area contributed by atoms with Crippen LogP contribution in [0.2, 0.25) is 0 Å². The molecule has 0 aliphatic carbocycles. The van der Waals surface area contributed by atoms with Crippen LogP contribution in [0.3, 0.4) is 0 Å². The average Bonchev–Trinajstić information content (AvgIpc) is 1.83. The third kappa shape index (κ3) is 5.34. The monoisotopic (exact) mass is 128 g/mol. The molecule has 2 nitrogen and oxygen atoms in total. The minimum atomic E-state index is 0.465. The summed E-state index contributed by atoms with van der Waals surface area (Å²) in [7, 11) is 3.96. The van der Waals surface area contributed by atoms with Gasteiger partial charge in [0, 0.05) is 20.1 Å². The Morgan fingerprint density at radius 1 is 1.56 bits per heavy atom. The van der Waals surface area contributed by atoms with Crippen LogP contribution in [0.5, 0.6) is 0 Å². The zero-order valence-electron chi connectivity index (χ0n) is 6.76. The van der Waals surface area contributed by atoms with Gasteiger partial charge in [0.05, 0.1) is 6.34 Å². The lowest BCUT2D eigenvalue weighted by Crippen LogP contribution is -2.10. The second kappa shape index (κ2) is 4.36. The van der Waals surface area contributed by atoms with E-state index in [-0.39, 0.29) is 0 Å². The van der Waals surface area contributed by atoms with E-state index < -0.39 is 0 Å². The lowest BCUT2D eigenvalue weighted by molar-refractivity contribution is 0.622. The maximum absolute atomic E-state index is 4.24. The smallest absolute Gasteiger partial charge is 0.0847 e. The summed E-state index contributed by atoms with van der Waals surface area (Å²) in [5.74, 6) is 0. The number of rotatable bonds is 3. The zero-order chi connectivity index (χ0) is 7.28. The molecule has 0 aromatic rings.